The lowest BCUT2D eigenvalue weighted by Crippen LogP contribution is -2.23. The third-order valence-electron chi connectivity index (χ3n) is 3.91. The van der Waals surface area contributed by atoms with Crippen molar-refractivity contribution in [2.75, 3.05) is 20.8 Å². The Kier molecular flexibility index (Phi) is 5.44. The van der Waals surface area contributed by atoms with E-state index in [2.05, 4.69) is 0 Å². The Morgan fingerprint density at radius 2 is 2.00 bits per heavy atom. The summed E-state index contributed by atoms with van der Waals surface area (Å²) >= 11 is 0. The second-order valence-corrected chi connectivity index (χ2v) is 5.25. The predicted molar refractivity (Wildman–Crippen MR) is 79.7 cm³/mol. The molecule has 0 spiro atoms. The minimum atomic E-state index is -0.480. The van der Waals surface area contributed by atoms with Gasteiger partial charge in [-0.15, -0.1) is 0 Å². The van der Waals surface area contributed by atoms with E-state index in [1.54, 1.807) is 7.11 Å². The molecule has 116 valence electrons. The first-order valence-electron chi connectivity index (χ1n) is 7.32. The minimum Gasteiger partial charge on any atom is -0.493 e. The number of hydrogen-bond donors (Lipinski definition) is 1. The van der Waals surface area contributed by atoms with Gasteiger partial charge in [-0.1, -0.05) is 6.07 Å². The Hall–Kier alpha value is -1.75. The molecule has 0 bridgehead atoms. The van der Waals surface area contributed by atoms with Gasteiger partial charge in [0.05, 0.1) is 26.2 Å². The van der Waals surface area contributed by atoms with Crippen molar-refractivity contribution >= 4 is 5.97 Å². The normalized spacial score (nSPS) is 16.5. The number of nitrogens with two attached hydrogens (primary N) is 1. The molecular weight excluding hydrogens is 270 g/mol. The zero-order chi connectivity index (χ0) is 15.2. The van der Waals surface area contributed by atoms with Gasteiger partial charge in [0, 0.05) is 6.54 Å². The van der Waals surface area contributed by atoms with Crippen LogP contribution in [-0.2, 0) is 9.53 Å². The van der Waals surface area contributed by atoms with Crippen LogP contribution in [0.3, 0.4) is 0 Å². The first kappa shape index (κ1) is 15.6. The lowest BCUT2D eigenvalue weighted by atomic mass is 9.99. The Labute approximate surface area is 125 Å². The Morgan fingerprint density at radius 3 is 2.57 bits per heavy atom. The van der Waals surface area contributed by atoms with Crippen LogP contribution in [-0.4, -0.2) is 32.8 Å². The van der Waals surface area contributed by atoms with Crippen molar-refractivity contribution in [3.05, 3.63) is 23.8 Å². The Bertz CT molecular complexity index is 483. The van der Waals surface area contributed by atoms with Crippen molar-refractivity contribution in [2.24, 2.45) is 5.73 Å². The van der Waals surface area contributed by atoms with Gasteiger partial charge in [-0.3, -0.25) is 4.79 Å². The molecule has 2 N–H and O–H groups in total. The van der Waals surface area contributed by atoms with Gasteiger partial charge in [-0.25, -0.2) is 0 Å². The van der Waals surface area contributed by atoms with Crippen LogP contribution in [0.1, 0.15) is 37.2 Å². The average molecular weight is 293 g/mol. The van der Waals surface area contributed by atoms with Gasteiger partial charge in [0.15, 0.2) is 11.5 Å². The predicted octanol–water partition coefficient (Wildman–Crippen LogP) is 2.23. The van der Waals surface area contributed by atoms with E-state index in [4.69, 9.17) is 19.9 Å². The van der Waals surface area contributed by atoms with E-state index >= 15 is 0 Å². The molecule has 1 aromatic carbocycles. The fourth-order valence-electron chi connectivity index (χ4n) is 2.70. The summed E-state index contributed by atoms with van der Waals surface area (Å²) in [4.78, 5) is 11.8. The van der Waals surface area contributed by atoms with Crippen LogP contribution in [0.2, 0.25) is 0 Å². The average Bonchev–Trinajstić information content (AvgIpc) is 3.01. The maximum atomic E-state index is 11.8. The van der Waals surface area contributed by atoms with E-state index in [1.807, 2.05) is 18.2 Å². The third kappa shape index (κ3) is 3.67. The second-order valence-electron chi connectivity index (χ2n) is 5.25. The van der Waals surface area contributed by atoms with Crippen LogP contribution in [0.5, 0.6) is 11.5 Å². The fraction of sp³-hybridized carbons (Fsp3) is 0.562. The van der Waals surface area contributed by atoms with Gasteiger partial charge >= 0.3 is 5.97 Å². The van der Waals surface area contributed by atoms with E-state index in [-0.39, 0.29) is 18.6 Å². The van der Waals surface area contributed by atoms with Crippen LogP contribution in [0.15, 0.2) is 18.2 Å². The number of esters is 1. The van der Waals surface area contributed by atoms with Crippen LogP contribution < -0.4 is 15.2 Å². The van der Waals surface area contributed by atoms with Crippen molar-refractivity contribution in [1.82, 2.24) is 0 Å². The quantitative estimate of drug-likeness (QED) is 0.814. The molecule has 1 fully saturated rings. The van der Waals surface area contributed by atoms with E-state index in [9.17, 15) is 4.79 Å². The largest absolute Gasteiger partial charge is 0.493 e. The zero-order valence-electron chi connectivity index (χ0n) is 12.6. The molecule has 0 saturated heterocycles. The number of carbonyl (C=O) groups excluding carboxylic acids is 1. The molecule has 1 saturated carbocycles. The molecule has 0 aromatic heterocycles. The highest BCUT2D eigenvalue weighted by Gasteiger charge is 2.23. The summed E-state index contributed by atoms with van der Waals surface area (Å²) in [5, 5.41) is 0. The molecule has 1 atom stereocenters. The summed E-state index contributed by atoms with van der Waals surface area (Å²) in [6.07, 6.45) is 4.74. The van der Waals surface area contributed by atoms with Gasteiger partial charge in [0.25, 0.3) is 0 Å². The summed E-state index contributed by atoms with van der Waals surface area (Å²) < 4.78 is 16.2. The maximum Gasteiger partial charge on any atom is 0.314 e. The van der Waals surface area contributed by atoms with Crippen molar-refractivity contribution in [3.8, 4) is 11.5 Å². The molecule has 5 heteroatoms. The van der Waals surface area contributed by atoms with Gasteiger partial charge < -0.3 is 19.9 Å². The molecule has 2 rings (SSSR count). The number of hydrogen-bond acceptors (Lipinski definition) is 5. The molecule has 0 aliphatic heterocycles. The summed E-state index contributed by atoms with van der Waals surface area (Å²) in [5.74, 6) is 0.525. The highest BCUT2D eigenvalue weighted by Crippen LogP contribution is 2.34. The van der Waals surface area contributed by atoms with Crippen LogP contribution in [0.25, 0.3) is 0 Å². The number of carbonyl (C=O) groups is 1. The fourth-order valence-corrected chi connectivity index (χ4v) is 2.70. The van der Waals surface area contributed by atoms with Crippen LogP contribution >= 0.6 is 0 Å². The summed E-state index contributed by atoms with van der Waals surface area (Å²) in [7, 11) is 2.97. The molecule has 5 nitrogen and oxygen atoms in total. The van der Waals surface area contributed by atoms with Crippen molar-refractivity contribution < 1.29 is 19.0 Å². The Balaban J connectivity index is 2.24. The standard InChI is InChI=1S/C16H23NO4/c1-19-14-8-7-11(13(10-17)16(18)20-2)9-15(14)21-12-5-3-4-6-12/h7-9,12-13H,3-6,10,17H2,1-2H3. The molecule has 1 aliphatic carbocycles. The van der Waals surface area contributed by atoms with Gasteiger partial charge in [0.1, 0.15) is 0 Å². The van der Waals surface area contributed by atoms with Gasteiger partial charge in [-0.2, -0.15) is 0 Å². The number of benzene rings is 1. The zero-order valence-corrected chi connectivity index (χ0v) is 12.6. The lowest BCUT2D eigenvalue weighted by molar-refractivity contribution is -0.142. The molecule has 0 heterocycles. The molecule has 21 heavy (non-hydrogen) atoms. The number of ether oxygens (including phenoxy) is 3. The smallest absolute Gasteiger partial charge is 0.314 e. The number of rotatable bonds is 6. The highest BCUT2D eigenvalue weighted by atomic mass is 16.5. The van der Waals surface area contributed by atoms with Crippen molar-refractivity contribution in [2.45, 2.75) is 37.7 Å². The molecule has 1 unspecified atom stereocenters. The van der Waals surface area contributed by atoms with E-state index < -0.39 is 5.92 Å². The summed E-state index contributed by atoms with van der Waals surface area (Å²) in [5.41, 5.74) is 6.48. The van der Waals surface area contributed by atoms with E-state index in [0.29, 0.717) is 11.5 Å². The third-order valence-corrected chi connectivity index (χ3v) is 3.91. The van der Waals surface area contributed by atoms with E-state index in [0.717, 1.165) is 18.4 Å². The topological polar surface area (TPSA) is 70.8 Å². The summed E-state index contributed by atoms with van der Waals surface area (Å²) in [6, 6.07) is 5.48. The molecular formula is C16H23NO4. The van der Waals surface area contributed by atoms with Crippen molar-refractivity contribution in [3.63, 3.8) is 0 Å². The molecule has 1 aromatic rings. The van der Waals surface area contributed by atoms with Crippen LogP contribution in [0, 0.1) is 0 Å². The van der Waals surface area contributed by atoms with Gasteiger partial charge in [0.2, 0.25) is 0 Å². The van der Waals surface area contributed by atoms with E-state index in [1.165, 1.54) is 20.0 Å². The first-order chi connectivity index (χ1) is 10.2. The second kappa shape index (κ2) is 7.31. The maximum absolute atomic E-state index is 11.8. The summed E-state index contributed by atoms with van der Waals surface area (Å²) in [6.45, 7) is 0.196. The molecule has 1 aliphatic rings. The Morgan fingerprint density at radius 1 is 1.29 bits per heavy atom. The lowest BCUT2D eigenvalue weighted by Gasteiger charge is -2.19. The van der Waals surface area contributed by atoms with Crippen LogP contribution in [0.4, 0.5) is 0 Å². The molecule has 0 amide bonds. The SMILES string of the molecule is COC(=O)C(CN)c1ccc(OC)c(OC2CCCC2)c1. The minimum absolute atomic E-state index is 0.196. The first-order valence-corrected chi connectivity index (χ1v) is 7.32. The molecule has 0 radical (unpaired) electrons. The monoisotopic (exact) mass is 293 g/mol. The van der Waals surface area contributed by atoms with Gasteiger partial charge in [-0.05, 0) is 43.4 Å². The number of methoxy groups -OCH3 is 2. The van der Waals surface area contributed by atoms with Crippen molar-refractivity contribution in [1.29, 1.82) is 0 Å². The highest BCUT2D eigenvalue weighted by molar-refractivity contribution is 5.78.